The first-order chi connectivity index (χ1) is 8.15. The van der Waals surface area contributed by atoms with E-state index in [0.29, 0.717) is 11.8 Å². The molecule has 1 aliphatic rings. The minimum Gasteiger partial charge on any atom is -0.490 e. The molecule has 1 heterocycles. The van der Waals surface area contributed by atoms with Crippen LogP contribution in [-0.2, 0) is 0 Å². The van der Waals surface area contributed by atoms with E-state index in [2.05, 4.69) is 11.9 Å². The van der Waals surface area contributed by atoms with Gasteiger partial charge in [0.05, 0.1) is 6.10 Å². The van der Waals surface area contributed by atoms with Crippen LogP contribution >= 0.6 is 0 Å². The third-order valence-electron chi connectivity index (χ3n) is 3.20. The zero-order valence-corrected chi connectivity index (χ0v) is 10.1. The van der Waals surface area contributed by atoms with Crippen molar-refractivity contribution < 1.29 is 4.74 Å². The third kappa shape index (κ3) is 3.19. The number of hydrogen-bond acceptors (Lipinski definition) is 3. The van der Waals surface area contributed by atoms with Crippen LogP contribution in [0.1, 0.15) is 38.3 Å². The number of nitrogens with one attached hydrogen (secondary N) is 1. The number of hydrogen-bond donors (Lipinski definition) is 2. The summed E-state index contributed by atoms with van der Waals surface area (Å²) in [7, 11) is 0. The van der Waals surface area contributed by atoms with Gasteiger partial charge in [-0.2, -0.15) is 0 Å². The number of ether oxygens (including phenoxy) is 1. The average molecular weight is 233 g/mol. The molecule has 3 N–H and O–H groups in total. The number of aromatic nitrogens is 1. The molecular formula is C13H19N3O. The first kappa shape index (κ1) is 11.9. The van der Waals surface area contributed by atoms with E-state index >= 15 is 0 Å². The van der Waals surface area contributed by atoms with Gasteiger partial charge in [-0.25, -0.2) is 0 Å². The number of rotatable bonds is 3. The van der Waals surface area contributed by atoms with Crippen LogP contribution in [0.2, 0.25) is 0 Å². The monoisotopic (exact) mass is 233 g/mol. The van der Waals surface area contributed by atoms with Crippen molar-refractivity contribution in [3.05, 3.63) is 24.0 Å². The smallest absolute Gasteiger partial charge is 0.141 e. The van der Waals surface area contributed by atoms with Crippen molar-refractivity contribution in [3.8, 4) is 5.75 Å². The van der Waals surface area contributed by atoms with Crippen molar-refractivity contribution in [2.75, 3.05) is 0 Å². The van der Waals surface area contributed by atoms with Crippen LogP contribution in [0.5, 0.6) is 5.75 Å². The molecule has 0 spiro atoms. The first-order valence-electron chi connectivity index (χ1n) is 6.12. The molecule has 1 aromatic heterocycles. The molecule has 0 amide bonds. The lowest BCUT2D eigenvalue weighted by Crippen LogP contribution is -2.24. The predicted octanol–water partition coefficient (Wildman–Crippen LogP) is 2.32. The average Bonchev–Trinajstić information content (AvgIpc) is 2.29. The minimum atomic E-state index is -0.0209. The Balaban J connectivity index is 2.02. The van der Waals surface area contributed by atoms with Gasteiger partial charge in [0.15, 0.2) is 0 Å². The van der Waals surface area contributed by atoms with Gasteiger partial charge < -0.3 is 10.5 Å². The molecule has 1 fully saturated rings. The van der Waals surface area contributed by atoms with E-state index in [1.807, 2.05) is 6.07 Å². The fraction of sp³-hybridized carbons (Fsp3) is 0.538. The number of amidine groups is 1. The van der Waals surface area contributed by atoms with E-state index in [4.69, 9.17) is 15.9 Å². The zero-order valence-electron chi connectivity index (χ0n) is 10.1. The second-order valence-electron chi connectivity index (χ2n) is 4.80. The molecule has 0 saturated heterocycles. The Morgan fingerprint density at radius 3 is 3.06 bits per heavy atom. The maximum Gasteiger partial charge on any atom is 0.141 e. The number of nitrogens with zero attached hydrogens (tertiary/aromatic N) is 1. The number of nitrogen functional groups attached to an aromatic ring is 1. The van der Waals surface area contributed by atoms with Gasteiger partial charge in [0.1, 0.15) is 17.3 Å². The fourth-order valence-corrected chi connectivity index (χ4v) is 2.31. The Kier molecular flexibility index (Phi) is 3.61. The number of nitrogens with two attached hydrogens (primary N) is 1. The van der Waals surface area contributed by atoms with Gasteiger partial charge in [0, 0.05) is 12.3 Å². The van der Waals surface area contributed by atoms with Crippen LogP contribution in [-0.4, -0.2) is 16.9 Å². The van der Waals surface area contributed by atoms with E-state index in [1.54, 1.807) is 12.3 Å². The highest BCUT2D eigenvalue weighted by Gasteiger charge is 2.20. The SMILES string of the molecule is CC1CCCC(Oc2ccnc(C(=N)N)c2)C1. The van der Waals surface area contributed by atoms with Crippen molar-refractivity contribution in [1.29, 1.82) is 5.41 Å². The highest BCUT2D eigenvalue weighted by Crippen LogP contribution is 2.27. The largest absolute Gasteiger partial charge is 0.490 e. The van der Waals surface area contributed by atoms with Crippen LogP contribution in [0.15, 0.2) is 18.3 Å². The van der Waals surface area contributed by atoms with Crippen LogP contribution in [0.25, 0.3) is 0 Å². The molecule has 1 saturated carbocycles. The van der Waals surface area contributed by atoms with Crippen molar-refractivity contribution in [2.24, 2.45) is 11.7 Å². The summed E-state index contributed by atoms with van der Waals surface area (Å²) in [6.07, 6.45) is 6.68. The topological polar surface area (TPSA) is 72.0 Å². The van der Waals surface area contributed by atoms with Gasteiger partial charge in [0.2, 0.25) is 0 Å². The summed E-state index contributed by atoms with van der Waals surface area (Å²) >= 11 is 0. The molecule has 2 rings (SSSR count). The molecule has 1 aromatic rings. The highest BCUT2D eigenvalue weighted by molar-refractivity contribution is 5.93. The molecule has 0 aliphatic heterocycles. The van der Waals surface area contributed by atoms with E-state index < -0.39 is 0 Å². The van der Waals surface area contributed by atoms with E-state index in [9.17, 15) is 0 Å². The molecule has 2 unspecified atom stereocenters. The highest BCUT2D eigenvalue weighted by atomic mass is 16.5. The lowest BCUT2D eigenvalue weighted by Gasteiger charge is -2.27. The Morgan fingerprint density at radius 2 is 2.35 bits per heavy atom. The summed E-state index contributed by atoms with van der Waals surface area (Å²) in [5.41, 5.74) is 5.88. The second kappa shape index (κ2) is 5.17. The molecule has 4 heteroatoms. The number of pyridine rings is 1. The van der Waals surface area contributed by atoms with Crippen LogP contribution in [0.4, 0.5) is 0 Å². The van der Waals surface area contributed by atoms with Gasteiger partial charge >= 0.3 is 0 Å². The summed E-state index contributed by atoms with van der Waals surface area (Å²) in [4.78, 5) is 4.02. The summed E-state index contributed by atoms with van der Waals surface area (Å²) in [6, 6.07) is 3.56. The quantitative estimate of drug-likeness (QED) is 0.621. The van der Waals surface area contributed by atoms with Crippen LogP contribution in [0.3, 0.4) is 0 Å². The van der Waals surface area contributed by atoms with Gasteiger partial charge in [-0.05, 0) is 31.2 Å². The molecule has 92 valence electrons. The maximum atomic E-state index is 7.34. The van der Waals surface area contributed by atoms with Gasteiger partial charge in [0.25, 0.3) is 0 Å². The second-order valence-corrected chi connectivity index (χ2v) is 4.80. The third-order valence-corrected chi connectivity index (χ3v) is 3.20. The standard InChI is InChI=1S/C13H19N3O/c1-9-3-2-4-10(7-9)17-11-5-6-16-12(8-11)13(14)15/h5-6,8-10H,2-4,7H2,1H3,(H3,14,15). The molecule has 1 aliphatic carbocycles. The van der Waals surface area contributed by atoms with Gasteiger partial charge in [-0.1, -0.05) is 13.3 Å². The predicted molar refractivity (Wildman–Crippen MR) is 67.3 cm³/mol. The normalized spacial score (nSPS) is 24.3. The van der Waals surface area contributed by atoms with Crippen molar-refractivity contribution in [1.82, 2.24) is 4.98 Å². The summed E-state index contributed by atoms with van der Waals surface area (Å²) < 4.78 is 5.92. The Bertz CT molecular complexity index is 405. The van der Waals surface area contributed by atoms with Crippen LogP contribution in [0, 0.1) is 11.3 Å². The van der Waals surface area contributed by atoms with Crippen LogP contribution < -0.4 is 10.5 Å². The van der Waals surface area contributed by atoms with Gasteiger partial charge in [-0.3, -0.25) is 10.4 Å². The first-order valence-corrected chi connectivity index (χ1v) is 6.12. The summed E-state index contributed by atoms with van der Waals surface area (Å²) in [5.74, 6) is 1.49. The Morgan fingerprint density at radius 1 is 1.53 bits per heavy atom. The van der Waals surface area contributed by atoms with Gasteiger partial charge in [-0.15, -0.1) is 0 Å². The van der Waals surface area contributed by atoms with Crippen molar-refractivity contribution in [3.63, 3.8) is 0 Å². The molecule has 4 nitrogen and oxygen atoms in total. The van der Waals surface area contributed by atoms with E-state index in [1.165, 1.54) is 12.8 Å². The Hall–Kier alpha value is -1.58. The lowest BCUT2D eigenvalue weighted by molar-refractivity contribution is 0.129. The van der Waals surface area contributed by atoms with E-state index in [-0.39, 0.29) is 5.84 Å². The molecule has 0 radical (unpaired) electrons. The summed E-state index contributed by atoms with van der Waals surface area (Å²) in [6.45, 7) is 2.27. The summed E-state index contributed by atoms with van der Waals surface area (Å²) in [5, 5.41) is 7.34. The minimum absolute atomic E-state index is 0.0209. The fourth-order valence-electron chi connectivity index (χ4n) is 2.31. The Labute approximate surface area is 102 Å². The molecule has 17 heavy (non-hydrogen) atoms. The maximum absolute atomic E-state index is 7.34. The van der Waals surface area contributed by atoms with Crippen molar-refractivity contribution >= 4 is 5.84 Å². The molecule has 0 bridgehead atoms. The molecular weight excluding hydrogens is 214 g/mol. The molecule has 2 atom stereocenters. The molecule has 0 aromatic carbocycles. The lowest BCUT2D eigenvalue weighted by atomic mass is 9.89. The van der Waals surface area contributed by atoms with Crippen molar-refractivity contribution in [2.45, 2.75) is 38.7 Å². The zero-order chi connectivity index (χ0) is 12.3. The van der Waals surface area contributed by atoms with E-state index in [0.717, 1.165) is 24.5 Å².